The summed E-state index contributed by atoms with van der Waals surface area (Å²) >= 11 is 1.85. The van der Waals surface area contributed by atoms with Crippen LogP contribution in [-0.4, -0.2) is 36.0 Å². The molecule has 15 heavy (non-hydrogen) atoms. The van der Waals surface area contributed by atoms with E-state index in [0.29, 0.717) is 6.04 Å². The second kappa shape index (κ2) is 7.12. The van der Waals surface area contributed by atoms with Gasteiger partial charge in [0, 0.05) is 24.1 Å². The van der Waals surface area contributed by atoms with Crippen molar-refractivity contribution in [2.75, 3.05) is 18.1 Å². The first-order valence-corrected chi connectivity index (χ1v) is 7.01. The van der Waals surface area contributed by atoms with Gasteiger partial charge in [-0.15, -0.1) is 0 Å². The summed E-state index contributed by atoms with van der Waals surface area (Å²) in [5, 5.41) is 6.32. The zero-order valence-electron chi connectivity index (χ0n) is 9.71. The molecule has 1 heterocycles. The van der Waals surface area contributed by atoms with E-state index in [1.54, 1.807) is 0 Å². The second-order valence-electron chi connectivity index (χ2n) is 4.13. The Kier molecular flexibility index (Phi) is 6.10. The lowest BCUT2D eigenvalue weighted by Gasteiger charge is -2.24. The molecule has 1 saturated heterocycles. The molecule has 1 rings (SSSR count). The van der Waals surface area contributed by atoms with E-state index < -0.39 is 0 Å². The monoisotopic (exact) mass is 230 g/mol. The van der Waals surface area contributed by atoms with Gasteiger partial charge in [0.1, 0.15) is 0 Å². The highest BCUT2D eigenvalue weighted by atomic mass is 32.2. The van der Waals surface area contributed by atoms with Crippen molar-refractivity contribution in [3.8, 4) is 0 Å². The van der Waals surface area contributed by atoms with Gasteiger partial charge in [0.15, 0.2) is 0 Å². The minimum absolute atomic E-state index is 0.0211. The van der Waals surface area contributed by atoms with Crippen molar-refractivity contribution in [3.63, 3.8) is 0 Å². The van der Waals surface area contributed by atoms with Crippen LogP contribution in [0.15, 0.2) is 0 Å². The van der Waals surface area contributed by atoms with E-state index in [1.165, 1.54) is 12.8 Å². The first-order valence-electron chi connectivity index (χ1n) is 5.85. The molecular weight excluding hydrogens is 208 g/mol. The molecule has 0 aliphatic carbocycles. The Hall–Kier alpha value is -0.220. The molecule has 88 valence electrons. The normalized spacial score (nSPS) is 23.5. The number of thioether (sulfide) groups is 1. The molecule has 0 aromatic heterocycles. The predicted octanol–water partition coefficient (Wildman–Crippen LogP) is 1.39. The van der Waals surface area contributed by atoms with Gasteiger partial charge in [0.25, 0.3) is 0 Å². The molecule has 1 amide bonds. The lowest BCUT2D eigenvalue weighted by atomic mass is 10.1. The Bertz CT molecular complexity index is 193. The zero-order chi connectivity index (χ0) is 11.1. The number of hydrogen-bond donors (Lipinski definition) is 2. The smallest absolute Gasteiger partial charge is 0.238 e. The van der Waals surface area contributed by atoms with Crippen molar-refractivity contribution in [2.45, 2.75) is 45.2 Å². The molecule has 1 aliphatic rings. The summed E-state index contributed by atoms with van der Waals surface area (Å²) in [6.45, 7) is 5.21. The lowest BCUT2D eigenvalue weighted by molar-refractivity contribution is -0.123. The quantitative estimate of drug-likeness (QED) is 0.750. The standard InChI is InChI=1S/C11H22N2OS/c1-3-4-5-9(2)13-11(14)10-8-15-7-6-12-10/h9-10,12H,3-8H2,1-2H3,(H,13,14). The average Bonchev–Trinajstić information content (AvgIpc) is 2.27. The molecule has 2 atom stereocenters. The summed E-state index contributed by atoms with van der Waals surface area (Å²) in [5.74, 6) is 2.20. The molecular formula is C11H22N2OS. The lowest BCUT2D eigenvalue weighted by Crippen LogP contribution is -2.50. The van der Waals surface area contributed by atoms with E-state index in [4.69, 9.17) is 0 Å². The van der Waals surface area contributed by atoms with Gasteiger partial charge in [-0.05, 0) is 13.3 Å². The Labute approximate surface area is 96.8 Å². The topological polar surface area (TPSA) is 41.1 Å². The van der Waals surface area contributed by atoms with Gasteiger partial charge in [0.05, 0.1) is 6.04 Å². The fourth-order valence-electron chi connectivity index (χ4n) is 1.66. The molecule has 0 radical (unpaired) electrons. The molecule has 2 unspecified atom stereocenters. The second-order valence-corrected chi connectivity index (χ2v) is 5.28. The van der Waals surface area contributed by atoms with Crippen LogP contribution in [0.2, 0.25) is 0 Å². The molecule has 2 N–H and O–H groups in total. The van der Waals surface area contributed by atoms with E-state index in [9.17, 15) is 4.79 Å². The molecule has 1 fully saturated rings. The number of carbonyl (C=O) groups is 1. The number of rotatable bonds is 5. The molecule has 0 aromatic carbocycles. The summed E-state index contributed by atoms with van der Waals surface area (Å²) in [6, 6.07) is 0.332. The van der Waals surface area contributed by atoms with Crippen LogP contribution in [-0.2, 0) is 4.79 Å². The maximum atomic E-state index is 11.8. The third-order valence-electron chi connectivity index (χ3n) is 2.62. The van der Waals surface area contributed by atoms with E-state index in [0.717, 1.165) is 24.5 Å². The first-order chi connectivity index (χ1) is 7.24. The molecule has 3 nitrogen and oxygen atoms in total. The van der Waals surface area contributed by atoms with Crippen LogP contribution in [0.3, 0.4) is 0 Å². The fraction of sp³-hybridized carbons (Fsp3) is 0.909. The van der Waals surface area contributed by atoms with E-state index in [2.05, 4.69) is 24.5 Å². The number of hydrogen-bond acceptors (Lipinski definition) is 3. The maximum Gasteiger partial charge on any atom is 0.238 e. The predicted molar refractivity (Wildman–Crippen MR) is 66.2 cm³/mol. The van der Waals surface area contributed by atoms with Gasteiger partial charge in [-0.1, -0.05) is 19.8 Å². The molecule has 0 saturated carbocycles. The van der Waals surface area contributed by atoms with Crippen LogP contribution < -0.4 is 10.6 Å². The number of amides is 1. The van der Waals surface area contributed by atoms with Crippen LogP contribution in [0.4, 0.5) is 0 Å². The fourth-order valence-corrected chi connectivity index (χ4v) is 2.59. The largest absolute Gasteiger partial charge is 0.352 e. The maximum absolute atomic E-state index is 11.8. The summed E-state index contributed by atoms with van der Waals surface area (Å²) in [7, 11) is 0. The van der Waals surface area contributed by atoms with Crippen molar-refractivity contribution in [2.24, 2.45) is 0 Å². The minimum Gasteiger partial charge on any atom is -0.352 e. The van der Waals surface area contributed by atoms with Crippen molar-refractivity contribution in [1.29, 1.82) is 0 Å². The Balaban J connectivity index is 2.21. The summed E-state index contributed by atoms with van der Waals surface area (Å²) in [5.41, 5.74) is 0. The SMILES string of the molecule is CCCCC(C)NC(=O)C1CSCCN1. The number of carbonyl (C=O) groups excluding carboxylic acids is 1. The van der Waals surface area contributed by atoms with Crippen molar-refractivity contribution < 1.29 is 4.79 Å². The van der Waals surface area contributed by atoms with Crippen LogP contribution in [0.5, 0.6) is 0 Å². The Morgan fingerprint density at radius 2 is 2.47 bits per heavy atom. The molecule has 1 aliphatic heterocycles. The van der Waals surface area contributed by atoms with Crippen LogP contribution in [0.1, 0.15) is 33.1 Å². The van der Waals surface area contributed by atoms with Crippen molar-refractivity contribution >= 4 is 17.7 Å². The summed E-state index contributed by atoms with van der Waals surface area (Å²) in [4.78, 5) is 11.8. The van der Waals surface area contributed by atoms with Crippen molar-refractivity contribution in [1.82, 2.24) is 10.6 Å². The Morgan fingerprint density at radius 1 is 1.67 bits per heavy atom. The zero-order valence-corrected chi connectivity index (χ0v) is 10.5. The average molecular weight is 230 g/mol. The Morgan fingerprint density at radius 3 is 3.07 bits per heavy atom. The van der Waals surface area contributed by atoms with Crippen LogP contribution in [0, 0.1) is 0 Å². The van der Waals surface area contributed by atoms with Gasteiger partial charge in [0.2, 0.25) is 5.91 Å². The molecule has 0 aromatic rings. The summed E-state index contributed by atoms with van der Waals surface area (Å²) < 4.78 is 0. The molecule has 0 bridgehead atoms. The van der Waals surface area contributed by atoms with E-state index in [1.807, 2.05) is 11.8 Å². The third-order valence-corrected chi connectivity index (χ3v) is 3.68. The minimum atomic E-state index is 0.0211. The van der Waals surface area contributed by atoms with Gasteiger partial charge < -0.3 is 10.6 Å². The molecule has 4 heteroatoms. The third kappa shape index (κ3) is 4.89. The van der Waals surface area contributed by atoms with Gasteiger partial charge >= 0.3 is 0 Å². The number of nitrogens with one attached hydrogen (secondary N) is 2. The highest BCUT2D eigenvalue weighted by Crippen LogP contribution is 2.08. The van der Waals surface area contributed by atoms with Gasteiger partial charge in [-0.3, -0.25) is 4.79 Å². The van der Waals surface area contributed by atoms with Gasteiger partial charge in [-0.2, -0.15) is 11.8 Å². The molecule has 0 spiro atoms. The highest BCUT2D eigenvalue weighted by Gasteiger charge is 2.21. The summed E-state index contributed by atoms with van der Waals surface area (Å²) in [6.07, 6.45) is 3.47. The van der Waals surface area contributed by atoms with Crippen molar-refractivity contribution in [3.05, 3.63) is 0 Å². The number of unbranched alkanes of at least 4 members (excludes halogenated alkanes) is 1. The van der Waals surface area contributed by atoms with E-state index >= 15 is 0 Å². The van der Waals surface area contributed by atoms with Crippen LogP contribution >= 0.6 is 11.8 Å². The van der Waals surface area contributed by atoms with Gasteiger partial charge in [-0.25, -0.2) is 0 Å². The first kappa shape index (κ1) is 12.8. The van der Waals surface area contributed by atoms with E-state index in [-0.39, 0.29) is 11.9 Å². The highest BCUT2D eigenvalue weighted by molar-refractivity contribution is 7.99. The van der Waals surface area contributed by atoms with Crippen LogP contribution in [0.25, 0.3) is 0 Å².